The van der Waals surface area contributed by atoms with E-state index in [1.807, 2.05) is 0 Å². The molecular formula is C20H21FN4O3S2. The normalized spacial score (nSPS) is 18.2. The van der Waals surface area contributed by atoms with Gasteiger partial charge in [0.1, 0.15) is 16.5 Å². The molecule has 1 N–H and O–H groups in total. The molecule has 30 heavy (non-hydrogen) atoms. The molecule has 0 radical (unpaired) electrons. The molecule has 5 rings (SSSR count). The van der Waals surface area contributed by atoms with Gasteiger partial charge < -0.3 is 4.98 Å². The van der Waals surface area contributed by atoms with Crippen molar-refractivity contribution in [2.45, 2.75) is 30.7 Å². The van der Waals surface area contributed by atoms with Crippen LogP contribution in [0, 0.1) is 5.82 Å². The van der Waals surface area contributed by atoms with Crippen molar-refractivity contribution in [3.05, 3.63) is 56.7 Å². The van der Waals surface area contributed by atoms with Crippen LogP contribution in [0.5, 0.6) is 0 Å². The highest BCUT2D eigenvalue weighted by molar-refractivity contribution is 7.89. The monoisotopic (exact) mass is 448 g/mol. The van der Waals surface area contributed by atoms with E-state index >= 15 is 0 Å². The van der Waals surface area contributed by atoms with E-state index in [1.165, 1.54) is 27.4 Å². The second-order valence-corrected chi connectivity index (χ2v) is 10.7. The van der Waals surface area contributed by atoms with Gasteiger partial charge in [-0.1, -0.05) is 6.07 Å². The van der Waals surface area contributed by atoms with Crippen LogP contribution in [0.15, 0.2) is 34.0 Å². The van der Waals surface area contributed by atoms with Crippen LogP contribution >= 0.6 is 11.3 Å². The van der Waals surface area contributed by atoms with Gasteiger partial charge in [-0.15, -0.1) is 11.3 Å². The molecule has 2 aromatic heterocycles. The molecule has 7 nitrogen and oxygen atoms in total. The quantitative estimate of drug-likeness (QED) is 0.661. The molecule has 1 aromatic carbocycles. The predicted octanol–water partition coefficient (Wildman–Crippen LogP) is 2.12. The largest absolute Gasteiger partial charge is 0.309 e. The molecule has 1 aliphatic carbocycles. The zero-order chi connectivity index (χ0) is 20.9. The van der Waals surface area contributed by atoms with Gasteiger partial charge in [-0.05, 0) is 43.0 Å². The summed E-state index contributed by atoms with van der Waals surface area (Å²) in [6, 6.07) is 5.08. The van der Waals surface area contributed by atoms with Crippen molar-refractivity contribution >= 4 is 31.6 Å². The van der Waals surface area contributed by atoms with Crippen molar-refractivity contribution in [1.82, 2.24) is 19.2 Å². The number of piperazine rings is 1. The highest BCUT2D eigenvalue weighted by atomic mass is 32.2. The van der Waals surface area contributed by atoms with Crippen LogP contribution in [0.1, 0.15) is 22.7 Å². The number of sulfonamides is 1. The zero-order valence-electron chi connectivity index (χ0n) is 16.2. The summed E-state index contributed by atoms with van der Waals surface area (Å²) in [7, 11) is -3.72. The van der Waals surface area contributed by atoms with E-state index in [0.29, 0.717) is 38.5 Å². The van der Waals surface area contributed by atoms with E-state index in [1.54, 1.807) is 11.3 Å². The molecule has 3 aromatic rings. The Kier molecular flexibility index (Phi) is 4.97. The summed E-state index contributed by atoms with van der Waals surface area (Å²) in [5, 5.41) is 0.738. The highest BCUT2D eigenvalue weighted by Gasteiger charge is 2.29. The fraction of sp³-hybridized carbons (Fsp3) is 0.400. The minimum absolute atomic E-state index is 0.0295. The van der Waals surface area contributed by atoms with Gasteiger partial charge in [0.05, 0.1) is 16.8 Å². The van der Waals surface area contributed by atoms with E-state index < -0.39 is 15.8 Å². The number of fused-ring (bicyclic) bond motifs is 3. The lowest BCUT2D eigenvalue weighted by atomic mass is 10.2. The van der Waals surface area contributed by atoms with Crippen LogP contribution in [0.25, 0.3) is 10.2 Å². The Bertz CT molecular complexity index is 1280. The zero-order valence-corrected chi connectivity index (χ0v) is 17.9. The highest BCUT2D eigenvalue weighted by Crippen LogP contribution is 2.34. The van der Waals surface area contributed by atoms with Gasteiger partial charge in [-0.2, -0.15) is 4.31 Å². The van der Waals surface area contributed by atoms with Crippen LogP contribution in [0.2, 0.25) is 0 Å². The predicted molar refractivity (Wildman–Crippen MR) is 113 cm³/mol. The summed E-state index contributed by atoms with van der Waals surface area (Å²) < 4.78 is 40.3. The fourth-order valence-electron chi connectivity index (χ4n) is 4.24. The standard InChI is InChI=1S/C20H21FN4O3S2/c21-13-3-1-4-14(11-13)30(27,28)25-9-7-24(8-10-25)12-17-22-19(26)18-15-5-2-6-16(15)29-20(18)23-17/h1,3-4,11H,2,5-10,12H2,(H,22,23,26). The summed E-state index contributed by atoms with van der Waals surface area (Å²) in [5.74, 6) is 0.0357. The minimum atomic E-state index is -3.72. The summed E-state index contributed by atoms with van der Waals surface area (Å²) in [6.45, 7) is 2.09. The maximum Gasteiger partial charge on any atom is 0.259 e. The van der Waals surface area contributed by atoms with Crippen molar-refractivity contribution in [1.29, 1.82) is 0 Å². The molecule has 1 saturated heterocycles. The number of hydrogen-bond donors (Lipinski definition) is 1. The molecule has 2 aliphatic rings. The van der Waals surface area contributed by atoms with E-state index in [-0.39, 0.29) is 10.5 Å². The SMILES string of the molecule is O=c1[nH]c(CN2CCN(S(=O)(=O)c3cccc(F)c3)CC2)nc2sc3c(c12)CCC3. The molecule has 0 unspecified atom stereocenters. The molecule has 0 bridgehead atoms. The number of nitrogens with zero attached hydrogens (tertiary/aromatic N) is 3. The fourth-order valence-corrected chi connectivity index (χ4v) is 6.97. The maximum absolute atomic E-state index is 13.4. The number of aryl methyl sites for hydroxylation is 2. The lowest BCUT2D eigenvalue weighted by Crippen LogP contribution is -2.48. The van der Waals surface area contributed by atoms with Crippen LogP contribution in [-0.2, 0) is 29.4 Å². The van der Waals surface area contributed by atoms with E-state index in [9.17, 15) is 17.6 Å². The first kappa shape index (κ1) is 19.8. The Morgan fingerprint density at radius 2 is 1.97 bits per heavy atom. The Hall–Kier alpha value is -2.14. The van der Waals surface area contributed by atoms with Gasteiger partial charge >= 0.3 is 0 Å². The maximum atomic E-state index is 13.4. The van der Waals surface area contributed by atoms with Gasteiger partial charge in [0.2, 0.25) is 10.0 Å². The average Bonchev–Trinajstić information content (AvgIpc) is 3.29. The Morgan fingerprint density at radius 1 is 1.17 bits per heavy atom. The Labute approximate surface area is 177 Å². The Morgan fingerprint density at radius 3 is 2.73 bits per heavy atom. The van der Waals surface area contributed by atoms with Crippen LogP contribution in [-0.4, -0.2) is 53.8 Å². The first-order valence-corrected chi connectivity index (χ1v) is 12.2. The molecule has 3 heterocycles. The molecule has 0 atom stereocenters. The second-order valence-electron chi connectivity index (χ2n) is 7.69. The van der Waals surface area contributed by atoms with E-state index in [2.05, 4.69) is 14.9 Å². The van der Waals surface area contributed by atoms with Gasteiger partial charge in [-0.3, -0.25) is 9.69 Å². The number of H-pyrrole nitrogens is 1. The molecule has 1 fully saturated rings. The topological polar surface area (TPSA) is 86.4 Å². The van der Waals surface area contributed by atoms with Gasteiger partial charge in [0.15, 0.2) is 0 Å². The number of benzene rings is 1. The molecule has 158 valence electrons. The molecule has 10 heteroatoms. The van der Waals surface area contributed by atoms with Crippen molar-refractivity contribution in [2.75, 3.05) is 26.2 Å². The molecule has 0 amide bonds. The number of halogens is 1. The summed E-state index contributed by atoms with van der Waals surface area (Å²) in [6.07, 6.45) is 3.06. The number of nitrogens with one attached hydrogen (secondary N) is 1. The van der Waals surface area contributed by atoms with E-state index in [4.69, 9.17) is 0 Å². The van der Waals surface area contributed by atoms with E-state index in [0.717, 1.165) is 41.1 Å². The smallest absolute Gasteiger partial charge is 0.259 e. The third-order valence-electron chi connectivity index (χ3n) is 5.76. The summed E-state index contributed by atoms with van der Waals surface area (Å²) >= 11 is 1.61. The molecular weight excluding hydrogens is 427 g/mol. The third-order valence-corrected chi connectivity index (χ3v) is 8.84. The number of aromatic nitrogens is 2. The van der Waals surface area contributed by atoms with Gasteiger partial charge in [0, 0.05) is 31.1 Å². The van der Waals surface area contributed by atoms with Crippen LogP contribution < -0.4 is 5.56 Å². The third kappa shape index (κ3) is 3.47. The van der Waals surface area contributed by atoms with Crippen LogP contribution in [0.3, 0.4) is 0 Å². The first-order chi connectivity index (χ1) is 14.4. The second kappa shape index (κ2) is 7.52. The Balaban J connectivity index is 1.29. The molecule has 0 saturated carbocycles. The van der Waals surface area contributed by atoms with Crippen LogP contribution in [0.4, 0.5) is 4.39 Å². The van der Waals surface area contributed by atoms with Crippen molar-refractivity contribution in [3.63, 3.8) is 0 Å². The van der Waals surface area contributed by atoms with Crippen molar-refractivity contribution in [2.24, 2.45) is 0 Å². The van der Waals surface area contributed by atoms with Crippen molar-refractivity contribution < 1.29 is 12.8 Å². The minimum Gasteiger partial charge on any atom is -0.309 e. The first-order valence-electron chi connectivity index (χ1n) is 9.93. The van der Waals surface area contributed by atoms with Gasteiger partial charge in [0.25, 0.3) is 5.56 Å². The lowest BCUT2D eigenvalue weighted by Gasteiger charge is -2.33. The average molecular weight is 449 g/mol. The van der Waals surface area contributed by atoms with Gasteiger partial charge in [-0.25, -0.2) is 17.8 Å². The molecule has 0 spiro atoms. The number of thiophene rings is 1. The number of rotatable bonds is 4. The number of hydrogen-bond acceptors (Lipinski definition) is 6. The van der Waals surface area contributed by atoms with Crippen molar-refractivity contribution in [3.8, 4) is 0 Å². The lowest BCUT2D eigenvalue weighted by molar-refractivity contribution is 0.178. The summed E-state index contributed by atoms with van der Waals surface area (Å²) in [5.41, 5.74) is 1.08. The number of aromatic amines is 1. The molecule has 1 aliphatic heterocycles. The summed E-state index contributed by atoms with van der Waals surface area (Å²) in [4.78, 5) is 24.3.